The van der Waals surface area contributed by atoms with Crippen LogP contribution in [-0.4, -0.2) is 23.0 Å². The largest absolute Gasteiger partial charge is 0.481 e. The topological polar surface area (TPSA) is 66.4 Å². The Hall–Kier alpha value is -1.06. The van der Waals surface area contributed by atoms with Gasteiger partial charge in [0.25, 0.3) is 0 Å². The van der Waals surface area contributed by atoms with Crippen LogP contribution in [-0.2, 0) is 9.59 Å². The van der Waals surface area contributed by atoms with Crippen LogP contribution >= 0.6 is 0 Å². The van der Waals surface area contributed by atoms with E-state index in [0.717, 1.165) is 25.7 Å². The molecule has 1 amide bonds. The lowest BCUT2D eigenvalue weighted by Crippen LogP contribution is -2.47. The van der Waals surface area contributed by atoms with Crippen molar-refractivity contribution in [2.45, 2.75) is 38.6 Å². The fourth-order valence-corrected chi connectivity index (χ4v) is 4.52. The van der Waals surface area contributed by atoms with Crippen molar-refractivity contribution in [2.75, 3.05) is 0 Å². The first-order chi connectivity index (χ1) is 7.52. The molecule has 4 bridgehead atoms. The van der Waals surface area contributed by atoms with Crippen LogP contribution in [0.1, 0.15) is 32.6 Å². The van der Waals surface area contributed by atoms with Crippen LogP contribution < -0.4 is 5.32 Å². The van der Waals surface area contributed by atoms with Gasteiger partial charge in [0.05, 0.1) is 5.41 Å². The van der Waals surface area contributed by atoms with Gasteiger partial charge in [0.2, 0.25) is 5.91 Å². The van der Waals surface area contributed by atoms with Crippen molar-refractivity contribution in [3.05, 3.63) is 0 Å². The minimum absolute atomic E-state index is 0.0189. The summed E-state index contributed by atoms with van der Waals surface area (Å²) in [4.78, 5) is 22.5. The van der Waals surface area contributed by atoms with Gasteiger partial charge in [-0.3, -0.25) is 9.59 Å². The summed E-state index contributed by atoms with van der Waals surface area (Å²) < 4.78 is 0. The molecule has 4 heteroatoms. The molecule has 4 nitrogen and oxygen atoms in total. The van der Waals surface area contributed by atoms with E-state index < -0.39 is 11.4 Å². The minimum Gasteiger partial charge on any atom is -0.481 e. The van der Waals surface area contributed by atoms with Gasteiger partial charge in [-0.2, -0.15) is 0 Å². The Morgan fingerprint density at radius 2 is 1.94 bits per heavy atom. The first-order valence-corrected chi connectivity index (χ1v) is 6.02. The third kappa shape index (κ3) is 1.16. The Morgan fingerprint density at radius 1 is 1.25 bits per heavy atom. The van der Waals surface area contributed by atoms with E-state index in [9.17, 15) is 14.7 Å². The third-order valence-corrected chi connectivity index (χ3v) is 4.94. The predicted octanol–water partition coefficient (Wildman–Crippen LogP) is 1.01. The second-order valence-corrected chi connectivity index (χ2v) is 5.84. The number of rotatable bonds is 2. The van der Waals surface area contributed by atoms with E-state index >= 15 is 0 Å². The number of carboxylic acid groups (broad SMARTS) is 1. The Kier molecular flexibility index (Phi) is 1.89. The fraction of sp³-hybridized carbons (Fsp3) is 0.833. The van der Waals surface area contributed by atoms with Crippen molar-refractivity contribution in [1.29, 1.82) is 0 Å². The molecule has 4 unspecified atom stereocenters. The summed E-state index contributed by atoms with van der Waals surface area (Å²) in [6, 6.07) is 0.248. The Bertz CT molecular complexity index is 363. The highest BCUT2D eigenvalue weighted by Gasteiger charge is 2.63. The third-order valence-electron chi connectivity index (χ3n) is 4.94. The summed E-state index contributed by atoms with van der Waals surface area (Å²) in [5, 5.41) is 12.4. The quantitative estimate of drug-likeness (QED) is 0.734. The van der Waals surface area contributed by atoms with Crippen molar-refractivity contribution in [3.8, 4) is 0 Å². The van der Waals surface area contributed by atoms with E-state index in [1.807, 2.05) is 0 Å². The van der Waals surface area contributed by atoms with E-state index in [-0.39, 0.29) is 11.9 Å². The SMILES string of the molecule is CC(=O)NC1C2C[C@H]3CC(C(=O)O)(C2)CC13. The monoisotopic (exact) mass is 223 g/mol. The van der Waals surface area contributed by atoms with Crippen LogP contribution in [0.4, 0.5) is 0 Å². The molecule has 2 N–H and O–H groups in total. The van der Waals surface area contributed by atoms with E-state index in [0.29, 0.717) is 17.8 Å². The summed E-state index contributed by atoms with van der Waals surface area (Å²) in [5.41, 5.74) is -0.451. The fourth-order valence-electron chi connectivity index (χ4n) is 4.52. The zero-order chi connectivity index (χ0) is 11.5. The molecule has 4 saturated carbocycles. The Balaban J connectivity index is 1.84. The van der Waals surface area contributed by atoms with E-state index in [4.69, 9.17) is 0 Å². The highest BCUT2D eigenvalue weighted by molar-refractivity contribution is 5.76. The molecule has 0 aromatic heterocycles. The van der Waals surface area contributed by atoms with E-state index in [1.54, 1.807) is 6.92 Å². The summed E-state index contributed by atoms with van der Waals surface area (Å²) in [5.74, 6) is 0.749. The number of carbonyl (C=O) groups excluding carboxylic acids is 1. The standard InChI is InChI=1S/C12H17NO3/c1-6(14)13-10-8-2-7-3-12(4-8,11(15)16)5-9(7)10/h7-10H,2-5H2,1H3,(H,13,14)(H,15,16)/t7-,8?,9?,10?,12?/m0/s1. The number of carboxylic acids is 1. The van der Waals surface area contributed by atoms with Gasteiger partial charge >= 0.3 is 5.97 Å². The van der Waals surface area contributed by atoms with Crippen LogP contribution in [0.2, 0.25) is 0 Å². The van der Waals surface area contributed by atoms with Crippen molar-refractivity contribution >= 4 is 11.9 Å². The lowest BCUT2D eigenvalue weighted by molar-refractivity contribution is -0.152. The molecule has 16 heavy (non-hydrogen) atoms. The molecular formula is C12H17NO3. The average molecular weight is 223 g/mol. The molecule has 5 atom stereocenters. The van der Waals surface area contributed by atoms with Gasteiger partial charge in [0, 0.05) is 13.0 Å². The Labute approximate surface area is 94.4 Å². The van der Waals surface area contributed by atoms with Crippen LogP contribution in [0.3, 0.4) is 0 Å². The van der Waals surface area contributed by atoms with Gasteiger partial charge in [-0.05, 0) is 43.4 Å². The van der Waals surface area contributed by atoms with Crippen molar-refractivity contribution < 1.29 is 14.7 Å². The zero-order valence-electron chi connectivity index (χ0n) is 9.40. The van der Waals surface area contributed by atoms with E-state index in [2.05, 4.69) is 5.32 Å². The molecule has 0 radical (unpaired) electrons. The molecule has 4 aliphatic carbocycles. The predicted molar refractivity (Wildman–Crippen MR) is 56.6 cm³/mol. The molecule has 0 heterocycles. The lowest BCUT2D eigenvalue weighted by atomic mass is 9.68. The summed E-state index contributed by atoms with van der Waals surface area (Å²) >= 11 is 0. The Morgan fingerprint density at radius 3 is 2.50 bits per heavy atom. The first kappa shape index (κ1) is 10.1. The number of amides is 1. The van der Waals surface area contributed by atoms with Crippen molar-refractivity contribution in [2.24, 2.45) is 23.2 Å². The van der Waals surface area contributed by atoms with Gasteiger partial charge in [-0.1, -0.05) is 0 Å². The van der Waals surface area contributed by atoms with Crippen LogP contribution in [0, 0.1) is 23.2 Å². The second-order valence-electron chi connectivity index (χ2n) is 5.84. The maximum absolute atomic E-state index is 11.3. The molecule has 0 aromatic rings. The molecule has 0 aliphatic heterocycles. The summed E-state index contributed by atoms with van der Waals surface area (Å²) in [6.45, 7) is 1.55. The average Bonchev–Trinajstić information content (AvgIpc) is 2.57. The molecule has 4 rings (SSSR count). The maximum atomic E-state index is 11.3. The molecule has 0 aromatic carbocycles. The summed E-state index contributed by atoms with van der Waals surface area (Å²) in [6.07, 6.45) is 3.49. The molecular weight excluding hydrogens is 206 g/mol. The number of hydrogen-bond donors (Lipinski definition) is 2. The van der Waals surface area contributed by atoms with Crippen LogP contribution in [0.15, 0.2) is 0 Å². The van der Waals surface area contributed by atoms with Gasteiger partial charge in [0.1, 0.15) is 0 Å². The van der Waals surface area contributed by atoms with Crippen LogP contribution in [0.25, 0.3) is 0 Å². The number of carbonyl (C=O) groups is 2. The van der Waals surface area contributed by atoms with Gasteiger partial charge in [-0.15, -0.1) is 0 Å². The first-order valence-electron chi connectivity index (χ1n) is 6.02. The van der Waals surface area contributed by atoms with Crippen molar-refractivity contribution in [1.82, 2.24) is 5.32 Å². The molecule has 0 spiro atoms. The smallest absolute Gasteiger partial charge is 0.309 e. The number of nitrogens with one attached hydrogen (secondary N) is 1. The summed E-state index contributed by atoms with van der Waals surface area (Å²) in [7, 11) is 0. The van der Waals surface area contributed by atoms with Crippen LogP contribution in [0.5, 0.6) is 0 Å². The highest BCUT2D eigenvalue weighted by atomic mass is 16.4. The van der Waals surface area contributed by atoms with E-state index in [1.165, 1.54) is 0 Å². The highest BCUT2D eigenvalue weighted by Crippen LogP contribution is 2.64. The van der Waals surface area contributed by atoms with Gasteiger partial charge in [-0.25, -0.2) is 0 Å². The zero-order valence-corrected chi connectivity index (χ0v) is 9.40. The second kappa shape index (κ2) is 2.99. The molecule has 4 fully saturated rings. The molecule has 0 saturated heterocycles. The molecule has 4 aliphatic rings. The normalized spacial score (nSPS) is 48.3. The number of aliphatic carboxylic acids is 1. The lowest BCUT2D eigenvalue weighted by Gasteiger charge is -2.38. The van der Waals surface area contributed by atoms with Crippen molar-refractivity contribution in [3.63, 3.8) is 0 Å². The van der Waals surface area contributed by atoms with Gasteiger partial charge in [0.15, 0.2) is 0 Å². The minimum atomic E-state index is -0.619. The maximum Gasteiger partial charge on any atom is 0.309 e. The number of hydrogen-bond acceptors (Lipinski definition) is 2. The van der Waals surface area contributed by atoms with Gasteiger partial charge < -0.3 is 10.4 Å². The molecule has 88 valence electrons.